The number of pyridine rings is 1. The molecule has 0 saturated heterocycles. The lowest BCUT2D eigenvalue weighted by molar-refractivity contribution is 1.06. The zero-order chi connectivity index (χ0) is 29.9. The van der Waals surface area contributed by atoms with Crippen LogP contribution < -0.4 is 0 Å². The Bertz CT molecular complexity index is 2550. The minimum Gasteiger partial charge on any atom is -0.307 e. The highest BCUT2D eigenvalue weighted by Gasteiger charge is 2.20. The molecular weight excluding hydrogens is 538 g/mol. The third-order valence-electron chi connectivity index (χ3n) is 8.57. The fourth-order valence-electron chi connectivity index (χ4n) is 6.55. The van der Waals surface area contributed by atoms with E-state index in [2.05, 4.69) is 126 Å². The molecule has 44 heavy (non-hydrogen) atoms. The van der Waals surface area contributed by atoms with E-state index < -0.39 is 0 Å². The van der Waals surface area contributed by atoms with Crippen molar-refractivity contribution in [3.63, 3.8) is 0 Å². The van der Waals surface area contributed by atoms with Gasteiger partial charge in [0.2, 0.25) is 0 Å². The summed E-state index contributed by atoms with van der Waals surface area (Å²) in [5.74, 6) is 0.776. The largest absolute Gasteiger partial charge is 0.307 e. The molecule has 0 fully saturated rings. The molecule has 0 atom stereocenters. The van der Waals surface area contributed by atoms with E-state index in [0.717, 1.165) is 50.1 Å². The fourth-order valence-corrected chi connectivity index (χ4v) is 6.55. The molecule has 0 N–H and O–H groups in total. The second kappa shape index (κ2) is 9.70. The van der Waals surface area contributed by atoms with Crippen LogP contribution in [0.4, 0.5) is 0 Å². The molecule has 8 aromatic rings. The highest BCUT2D eigenvalue weighted by Crippen LogP contribution is 2.39. The molecule has 8 rings (SSSR count). The molecule has 3 heterocycles. The van der Waals surface area contributed by atoms with Crippen LogP contribution in [0.2, 0.25) is 0 Å². The molecule has 5 heteroatoms. The standard InChI is InChI=1S/C39H25N5/c1-24-11-15-36-32(17-24)29-7-3-5-9-34(29)43(36)38-23-42-39(20-31(38)26-13-14-27(21-40)28(19-26)22-41)44-35-10-6-4-8-30(35)33-18-25(2)12-16-37(33)44/h3-20,23H,1-2H3. The lowest BCUT2D eigenvalue weighted by Crippen LogP contribution is -2.03. The summed E-state index contributed by atoms with van der Waals surface area (Å²) in [6.07, 6.45) is 1.94. The smallest absolute Gasteiger partial charge is 0.138 e. The Balaban J connectivity index is 1.49. The molecule has 0 unspecified atom stereocenters. The minimum absolute atomic E-state index is 0.347. The first kappa shape index (κ1) is 25.5. The first-order valence-corrected chi connectivity index (χ1v) is 14.5. The van der Waals surface area contributed by atoms with Crippen molar-refractivity contribution in [1.82, 2.24) is 14.1 Å². The van der Waals surface area contributed by atoms with Crippen molar-refractivity contribution in [1.29, 1.82) is 10.5 Å². The normalized spacial score (nSPS) is 11.4. The van der Waals surface area contributed by atoms with Gasteiger partial charge in [0.05, 0.1) is 45.1 Å². The number of aromatic nitrogens is 3. The van der Waals surface area contributed by atoms with E-state index in [-0.39, 0.29) is 0 Å². The summed E-state index contributed by atoms with van der Waals surface area (Å²) < 4.78 is 4.47. The summed E-state index contributed by atoms with van der Waals surface area (Å²) in [5.41, 5.74) is 10.1. The van der Waals surface area contributed by atoms with Crippen LogP contribution in [-0.4, -0.2) is 14.1 Å². The van der Waals surface area contributed by atoms with Gasteiger partial charge in [0.1, 0.15) is 18.0 Å². The maximum Gasteiger partial charge on any atom is 0.138 e. The molecule has 206 valence electrons. The predicted octanol–water partition coefficient (Wildman–Crippen LogP) is 9.30. The molecule has 0 aliphatic rings. The highest BCUT2D eigenvalue weighted by atomic mass is 15.1. The Labute approximate surface area is 254 Å². The van der Waals surface area contributed by atoms with Gasteiger partial charge in [0, 0.05) is 27.1 Å². The second-order valence-corrected chi connectivity index (χ2v) is 11.3. The van der Waals surface area contributed by atoms with Crippen LogP contribution in [0.3, 0.4) is 0 Å². The number of nitriles is 2. The second-order valence-electron chi connectivity index (χ2n) is 11.3. The number of hydrogen-bond donors (Lipinski definition) is 0. The number of fused-ring (bicyclic) bond motifs is 6. The number of para-hydroxylation sites is 2. The van der Waals surface area contributed by atoms with Gasteiger partial charge in [-0.05, 0) is 74.0 Å². The highest BCUT2D eigenvalue weighted by molar-refractivity contribution is 6.11. The molecule has 0 aliphatic carbocycles. The molecule has 0 spiro atoms. The van der Waals surface area contributed by atoms with Crippen molar-refractivity contribution in [2.24, 2.45) is 0 Å². The summed E-state index contributed by atoms with van der Waals surface area (Å²) in [6.45, 7) is 4.22. The minimum atomic E-state index is 0.347. The average Bonchev–Trinajstić information content (AvgIpc) is 3.56. The van der Waals surface area contributed by atoms with Gasteiger partial charge < -0.3 is 4.57 Å². The van der Waals surface area contributed by atoms with Gasteiger partial charge in [-0.15, -0.1) is 0 Å². The Morgan fingerprint density at radius 2 is 1.11 bits per heavy atom. The maximum absolute atomic E-state index is 9.92. The Kier molecular flexibility index (Phi) is 5.63. The van der Waals surface area contributed by atoms with E-state index in [4.69, 9.17) is 4.98 Å². The molecule has 0 radical (unpaired) electrons. The van der Waals surface area contributed by atoms with Crippen molar-refractivity contribution < 1.29 is 0 Å². The number of rotatable bonds is 3. The third kappa shape index (κ3) is 3.74. The van der Waals surface area contributed by atoms with Crippen LogP contribution in [0, 0.1) is 36.5 Å². The van der Waals surface area contributed by atoms with Crippen molar-refractivity contribution in [3.05, 3.63) is 138 Å². The van der Waals surface area contributed by atoms with Crippen molar-refractivity contribution in [2.45, 2.75) is 13.8 Å². The number of benzene rings is 5. The van der Waals surface area contributed by atoms with Crippen molar-refractivity contribution in [2.75, 3.05) is 0 Å². The van der Waals surface area contributed by atoms with Crippen LogP contribution in [0.25, 0.3) is 66.2 Å². The molecule has 5 aromatic carbocycles. The number of nitrogens with zero attached hydrogens (tertiary/aromatic N) is 5. The van der Waals surface area contributed by atoms with Gasteiger partial charge in [-0.3, -0.25) is 4.57 Å². The van der Waals surface area contributed by atoms with Crippen LogP contribution >= 0.6 is 0 Å². The van der Waals surface area contributed by atoms with E-state index >= 15 is 0 Å². The van der Waals surface area contributed by atoms with E-state index in [1.165, 1.54) is 27.3 Å². The predicted molar refractivity (Wildman–Crippen MR) is 177 cm³/mol. The van der Waals surface area contributed by atoms with Gasteiger partial charge in [0.15, 0.2) is 0 Å². The lowest BCUT2D eigenvalue weighted by Gasteiger charge is -2.17. The zero-order valence-electron chi connectivity index (χ0n) is 24.2. The van der Waals surface area contributed by atoms with Crippen LogP contribution in [0.15, 0.2) is 115 Å². The van der Waals surface area contributed by atoms with E-state index in [0.29, 0.717) is 11.1 Å². The van der Waals surface area contributed by atoms with E-state index in [9.17, 15) is 10.5 Å². The van der Waals surface area contributed by atoms with Crippen LogP contribution in [-0.2, 0) is 0 Å². The summed E-state index contributed by atoms with van der Waals surface area (Å²) in [7, 11) is 0. The van der Waals surface area contributed by atoms with Crippen LogP contribution in [0.1, 0.15) is 22.3 Å². The topological polar surface area (TPSA) is 70.3 Å². The quantitative estimate of drug-likeness (QED) is 0.215. The third-order valence-corrected chi connectivity index (χ3v) is 8.57. The molecular formula is C39H25N5. The first-order chi connectivity index (χ1) is 21.6. The molecule has 0 amide bonds. The van der Waals surface area contributed by atoms with Crippen molar-refractivity contribution >= 4 is 43.6 Å². The van der Waals surface area contributed by atoms with Gasteiger partial charge in [0.25, 0.3) is 0 Å². The lowest BCUT2D eigenvalue weighted by atomic mass is 9.99. The maximum atomic E-state index is 9.92. The van der Waals surface area contributed by atoms with Gasteiger partial charge in [-0.2, -0.15) is 10.5 Å². The number of hydrogen-bond acceptors (Lipinski definition) is 3. The summed E-state index contributed by atoms with van der Waals surface area (Å²) in [6, 6.07) is 41.8. The molecule has 0 aliphatic heterocycles. The molecule has 0 bridgehead atoms. The fraction of sp³-hybridized carbons (Fsp3) is 0.0513. The van der Waals surface area contributed by atoms with E-state index in [1.807, 2.05) is 18.3 Å². The SMILES string of the molecule is Cc1ccc2c(c1)c1ccccc1n2-c1cc(-c2ccc(C#N)c(C#N)c2)c(-n2c3ccccc3c3cc(C)ccc32)cn1. The Hall–Kier alpha value is -6.17. The van der Waals surface area contributed by atoms with Gasteiger partial charge in [-0.1, -0.05) is 65.7 Å². The molecule has 5 nitrogen and oxygen atoms in total. The van der Waals surface area contributed by atoms with E-state index in [1.54, 1.807) is 6.07 Å². The van der Waals surface area contributed by atoms with Crippen molar-refractivity contribution in [3.8, 4) is 34.8 Å². The monoisotopic (exact) mass is 563 g/mol. The summed E-state index contributed by atoms with van der Waals surface area (Å²) >= 11 is 0. The first-order valence-electron chi connectivity index (χ1n) is 14.5. The molecule has 3 aromatic heterocycles. The number of aryl methyl sites for hydroxylation is 2. The average molecular weight is 564 g/mol. The summed E-state index contributed by atoms with van der Waals surface area (Å²) in [4.78, 5) is 5.12. The van der Waals surface area contributed by atoms with Gasteiger partial charge >= 0.3 is 0 Å². The Morgan fingerprint density at radius 1 is 0.545 bits per heavy atom. The van der Waals surface area contributed by atoms with Crippen LogP contribution in [0.5, 0.6) is 0 Å². The van der Waals surface area contributed by atoms with Gasteiger partial charge in [-0.25, -0.2) is 4.98 Å². The summed E-state index contributed by atoms with van der Waals surface area (Å²) in [5, 5.41) is 24.3. The molecule has 0 saturated carbocycles. The Morgan fingerprint density at radius 3 is 1.75 bits per heavy atom. The zero-order valence-corrected chi connectivity index (χ0v) is 24.2.